The van der Waals surface area contributed by atoms with E-state index in [0.717, 1.165) is 25.7 Å². The van der Waals surface area contributed by atoms with E-state index >= 15 is 0 Å². The Bertz CT molecular complexity index is 580. The predicted molar refractivity (Wildman–Crippen MR) is 86.2 cm³/mol. The van der Waals surface area contributed by atoms with Gasteiger partial charge < -0.3 is 9.64 Å². The van der Waals surface area contributed by atoms with E-state index in [1.54, 1.807) is 18.5 Å². The number of amides is 1. The summed E-state index contributed by atoms with van der Waals surface area (Å²) in [5, 5.41) is 0. The van der Waals surface area contributed by atoms with Crippen molar-refractivity contribution in [1.29, 1.82) is 0 Å². The van der Waals surface area contributed by atoms with Crippen LogP contribution in [0.25, 0.3) is 0 Å². The Morgan fingerprint density at radius 2 is 1.87 bits per heavy atom. The number of carbonyl (C=O) groups is 2. The molecule has 124 valence electrons. The Morgan fingerprint density at radius 1 is 1.22 bits per heavy atom. The average molecular weight is 316 g/mol. The molecule has 5 heteroatoms. The van der Waals surface area contributed by atoms with Crippen LogP contribution in [0.4, 0.5) is 4.79 Å². The number of hydrogen-bond donors (Lipinski definition) is 0. The molecule has 2 unspecified atom stereocenters. The van der Waals surface area contributed by atoms with Crippen LogP contribution >= 0.6 is 0 Å². The minimum Gasteiger partial charge on any atom is -0.444 e. The third-order valence-corrected chi connectivity index (χ3v) is 4.65. The smallest absolute Gasteiger partial charge is 0.410 e. The van der Waals surface area contributed by atoms with E-state index in [4.69, 9.17) is 4.74 Å². The van der Waals surface area contributed by atoms with Crippen LogP contribution in [0.1, 0.15) is 56.8 Å². The summed E-state index contributed by atoms with van der Waals surface area (Å²) in [6, 6.07) is 3.85. The molecule has 2 aliphatic rings. The van der Waals surface area contributed by atoms with Gasteiger partial charge in [-0.2, -0.15) is 0 Å². The zero-order valence-electron chi connectivity index (χ0n) is 14.0. The molecule has 1 aromatic heterocycles. The molecular weight excluding hydrogens is 292 g/mol. The van der Waals surface area contributed by atoms with Gasteiger partial charge in [0.1, 0.15) is 5.60 Å². The van der Waals surface area contributed by atoms with Crippen molar-refractivity contribution in [1.82, 2.24) is 9.88 Å². The second kappa shape index (κ2) is 5.95. The number of ether oxygens (including phenoxy) is 1. The number of hydrogen-bond acceptors (Lipinski definition) is 4. The van der Waals surface area contributed by atoms with Gasteiger partial charge in [0.15, 0.2) is 5.78 Å². The van der Waals surface area contributed by atoms with Gasteiger partial charge in [-0.25, -0.2) is 4.79 Å². The van der Waals surface area contributed by atoms with E-state index in [0.29, 0.717) is 5.56 Å². The highest BCUT2D eigenvalue weighted by molar-refractivity contribution is 5.97. The Hall–Kier alpha value is -1.91. The largest absolute Gasteiger partial charge is 0.444 e. The lowest BCUT2D eigenvalue weighted by molar-refractivity contribution is 0.00254. The second-order valence-corrected chi connectivity index (χ2v) is 7.55. The van der Waals surface area contributed by atoms with Gasteiger partial charge in [0, 0.05) is 36.0 Å². The molecule has 0 N–H and O–H groups in total. The molecule has 0 saturated carbocycles. The van der Waals surface area contributed by atoms with Crippen molar-refractivity contribution in [2.45, 2.75) is 64.1 Å². The summed E-state index contributed by atoms with van der Waals surface area (Å²) in [5.41, 5.74) is 0.182. The molecule has 2 fully saturated rings. The van der Waals surface area contributed by atoms with Gasteiger partial charge in [0.2, 0.25) is 0 Å². The first kappa shape index (κ1) is 16.0. The van der Waals surface area contributed by atoms with Crippen molar-refractivity contribution >= 4 is 11.9 Å². The molecule has 23 heavy (non-hydrogen) atoms. The topological polar surface area (TPSA) is 59.5 Å². The molecule has 3 heterocycles. The van der Waals surface area contributed by atoms with Crippen molar-refractivity contribution in [2.75, 3.05) is 0 Å². The SMILES string of the molecule is CC(C)(C)OC(=O)N1C2CCC1CC(C(=O)c1cccnc1)C2. The minimum absolute atomic E-state index is 0.0182. The van der Waals surface area contributed by atoms with E-state index < -0.39 is 5.60 Å². The molecule has 5 nitrogen and oxygen atoms in total. The van der Waals surface area contributed by atoms with Gasteiger partial charge in [-0.15, -0.1) is 0 Å². The molecule has 1 aromatic rings. The summed E-state index contributed by atoms with van der Waals surface area (Å²) in [4.78, 5) is 31.0. The maximum atomic E-state index is 12.6. The van der Waals surface area contributed by atoms with Crippen LogP contribution < -0.4 is 0 Å². The van der Waals surface area contributed by atoms with Crippen molar-refractivity contribution in [3.8, 4) is 0 Å². The Morgan fingerprint density at radius 3 is 2.39 bits per heavy atom. The summed E-state index contributed by atoms with van der Waals surface area (Å²) in [7, 11) is 0. The fraction of sp³-hybridized carbons (Fsp3) is 0.611. The lowest BCUT2D eigenvalue weighted by Crippen LogP contribution is -2.49. The third-order valence-electron chi connectivity index (χ3n) is 4.65. The average Bonchev–Trinajstić information content (AvgIpc) is 2.76. The van der Waals surface area contributed by atoms with Crippen LogP contribution in [0.5, 0.6) is 0 Å². The van der Waals surface area contributed by atoms with Crippen molar-refractivity contribution in [2.24, 2.45) is 5.92 Å². The fourth-order valence-electron chi connectivity index (χ4n) is 3.75. The van der Waals surface area contributed by atoms with Crippen molar-refractivity contribution in [3.63, 3.8) is 0 Å². The highest BCUT2D eigenvalue weighted by Gasteiger charge is 2.46. The molecule has 1 amide bonds. The summed E-state index contributed by atoms with van der Waals surface area (Å²) < 4.78 is 5.53. The normalized spacial score (nSPS) is 26.9. The maximum Gasteiger partial charge on any atom is 0.410 e. The van der Waals surface area contributed by atoms with Crippen molar-refractivity contribution < 1.29 is 14.3 Å². The number of carbonyl (C=O) groups excluding carboxylic acids is 2. The Kier molecular flexibility index (Phi) is 4.13. The van der Waals surface area contributed by atoms with E-state index in [9.17, 15) is 9.59 Å². The fourth-order valence-corrected chi connectivity index (χ4v) is 3.75. The highest BCUT2D eigenvalue weighted by Crippen LogP contribution is 2.40. The minimum atomic E-state index is -0.487. The van der Waals surface area contributed by atoms with Crippen LogP contribution in [0, 0.1) is 5.92 Å². The maximum absolute atomic E-state index is 12.6. The van der Waals surface area contributed by atoms with Crippen LogP contribution in [0.2, 0.25) is 0 Å². The molecule has 0 spiro atoms. The van der Waals surface area contributed by atoms with E-state index in [1.165, 1.54) is 0 Å². The van der Waals surface area contributed by atoms with Gasteiger partial charge in [-0.3, -0.25) is 9.78 Å². The monoisotopic (exact) mass is 316 g/mol. The number of rotatable bonds is 2. The summed E-state index contributed by atoms with van der Waals surface area (Å²) in [5.74, 6) is 0.134. The molecule has 3 rings (SSSR count). The summed E-state index contributed by atoms with van der Waals surface area (Å²) in [6.07, 6.45) is 6.43. The van der Waals surface area contributed by atoms with E-state index in [2.05, 4.69) is 4.98 Å². The van der Waals surface area contributed by atoms with Crippen LogP contribution in [0.15, 0.2) is 24.5 Å². The van der Waals surface area contributed by atoms with Gasteiger partial charge in [-0.05, 0) is 58.6 Å². The standard InChI is InChI=1S/C18H24N2O3/c1-18(2,3)23-17(22)20-14-6-7-15(20)10-13(9-14)16(21)12-5-4-8-19-11-12/h4-5,8,11,13-15H,6-7,9-10H2,1-3H3. The van der Waals surface area contributed by atoms with Gasteiger partial charge in [0.25, 0.3) is 0 Å². The zero-order valence-corrected chi connectivity index (χ0v) is 14.0. The first-order valence-electron chi connectivity index (χ1n) is 8.31. The molecule has 2 aliphatic heterocycles. The molecule has 0 radical (unpaired) electrons. The summed E-state index contributed by atoms with van der Waals surface area (Å²) >= 11 is 0. The number of Topliss-reactive ketones (excluding diaryl/α,β-unsaturated/α-hetero) is 1. The highest BCUT2D eigenvalue weighted by atomic mass is 16.6. The Labute approximate surface area is 137 Å². The number of aromatic nitrogens is 1. The van der Waals surface area contributed by atoms with Crippen LogP contribution in [-0.4, -0.2) is 39.4 Å². The van der Waals surface area contributed by atoms with Crippen LogP contribution in [-0.2, 0) is 4.74 Å². The molecule has 2 saturated heterocycles. The van der Waals surface area contributed by atoms with E-state index in [-0.39, 0.29) is 29.9 Å². The number of ketones is 1. The molecule has 2 atom stereocenters. The number of nitrogens with zero attached hydrogens (tertiary/aromatic N) is 2. The predicted octanol–water partition coefficient (Wildman–Crippen LogP) is 3.44. The first-order valence-corrected chi connectivity index (χ1v) is 8.31. The third kappa shape index (κ3) is 3.38. The quantitative estimate of drug-likeness (QED) is 0.784. The molecule has 0 aliphatic carbocycles. The molecule has 2 bridgehead atoms. The lowest BCUT2D eigenvalue weighted by Gasteiger charge is -2.39. The van der Waals surface area contributed by atoms with Gasteiger partial charge in [-0.1, -0.05) is 0 Å². The van der Waals surface area contributed by atoms with Crippen molar-refractivity contribution in [3.05, 3.63) is 30.1 Å². The first-order chi connectivity index (χ1) is 10.8. The summed E-state index contributed by atoms with van der Waals surface area (Å²) in [6.45, 7) is 5.64. The number of piperidine rings is 1. The molecular formula is C18H24N2O3. The van der Waals surface area contributed by atoms with Gasteiger partial charge in [0.05, 0.1) is 0 Å². The zero-order chi connectivity index (χ0) is 16.6. The van der Waals surface area contributed by atoms with E-state index in [1.807, 2.05) is 31.7 Å². The van der Waals surface area contributed by atoms with Gasteiger partial charge >= 0.3 is 6.09 Å². The number of pyridine rings is 1. The number of fused-ring (bicyclic) bond motifs is 2. The van der Waals surface area contributed by atoms with Crippen LogP contribution in [0.3, 0.4) is 0 Å². The lowest BCUT2D eigenvalue weighted by atomic mass is 9.85. The molecule has 0 aromatic carbocycles. The Balaban J connectivity index is 1.70. The second-order valence-electron chi connectivity index (χ2n) is 7.55.